The van der Waals surface area contributed by atoms with Gasteiger partial charge in [0.15, 0.2) is 11.6 Å². The van der Waals surface area contributed by atoms with Gasteiger partial charge in [-0.25, -0.2) is 9.97 Å². The SMILES string of the molecule is Cc1nnc2n1-c1cnc(-n3ccnc3-c3cccc(OC(F)(F)F)c3)nc1NC2C(C)C. The number of aryl methyl sites for hydroxylation is 1. The Balaban J connectivity index is 1.56. The fraction of sp³-hybridized carbons (Fsp3) is 0.286. The molecule has 4 heterocycles. The van der Waals surface area contributed by atoms with E-state index in [4.69, 9.17) is 0 Å². The van der Waals surface area contributed by atoms with E-state index in [-0.39, 0.29) is 17.7 Å². The molecule has 1 N–H and O–H groups in total. The molecule has 0 bridgehead atoms. The number of ether oxygens (including phenoxy) is 1. The standard InChI is InChI=1S/C21H19F3N8O/c1-11(2)16-19-30-29-12(3)32(19)15-10-26-20(28-17(15)27-16)31-8-7-25-18(31)13-5-4-6-14(9-13)33-21(22,23)24/h4-11,16H,1-3H3,(H,26,27,28). The van der Waals surface area contributed by atoms with Crippen LogP contribution in [0.4, 0.5) is 19.0 Å². The number of fused-ring (bicyclic) bond motifs is 3. The molecule has 1 atom stereocenters. The van der Waals surface area contributed by atoms with Crippen LogP contribution in [0, 0.1) is 12.8 Å². The van der Waals surface area contributed by atoms with Crippen molar-refractivity contribution in [3.8, 4) is 28.8 Å². The lowest BCUT2D eigenvalue weighted by Crippen LogP contribution is -2.28. The molecular weight excluding hydrogens is 437 g/mol. The molecule has 0 aliphatic carbocycles. The third-order valence-corrected chi connectivity index (χ3v) is 5.27. The Bertz CT molecular complexity index is 1330. The van der Waals surface area contributed by atoms with Gasteiger partial charge in [-0.15, -0.1) is 23.4 Å². The van der Waals surface area contributed by atoms with Crippen LogP contribution in [0.2, 0.25) is 0 Å². The van der Waals surface area contributed by atoms with Gasteiger partial charge in [0.25, 0.3) is 0 Å². The monoisotopic (exact) mass is 456 g/mol. The van der Waals surface area contributed by atoms with E-state index in [2.05, 4.69) is 49.1 Å². The van der Waals surface area contributed by atoms with Gasteiger partial charge in [0.1, 0.15) is 23.1 Å². The van der Waals surface area contributed by atoms with Crippen molar-refractivity contribution < 1.29 is 17.9 Å². The zero-order valence-corrected chi connectivity index (χ0v) is 17.9. The number of alkyl halides is 3. The van der Waals surface area contributed by atoms with Crippen LogP contribution in [0.15, 0.2) is 42.9 Å². The van der Waals surface area contributed by atoms with E-state index in [1.54, 1.807) is 23.0 Å². The predicted molar refractivity (Wildman–Crippen MR) is 112 cm³/mol. The fourth-order valence-corrected chi connectivity index (χ4v) is 3.82. The Hall–Kier alpha value is -3.96. The second kappa shape index (κ2) is 7.57. The molecule has 12 heteroatoms. The highest BCUT2D eigenvalue weighted by Crippen LogP contribution is 2.36. The zero-order valence-electron chi connectivity index (χ0n) is 17.9. The Kier molecular flexibility index (Phi) is 4.80. The van der Waals surface area contributed by atoms with E-state index in [0.717, 1.165) is 17.3 Å². The average molecular weight is 456 g/mol. The van der Waals surface area contributed by atoms with Gasteiger partial charge in [0, 0.05) is 18.0 Å². The number of hydrogen-bond acceptors (Lipinski definition) is 7. The summed E-state index contributed by atoms with van der Waals surface area (Å²) in [5, 5.41) is 11.9. The molecule has 1 aromatic carbocycles. The molecule has 0 saturated heterocycles. The molecule has 4 aromatic rings. The van der Waals surface area contributed by atoms with Crippen LogP contribution in [0.3, 0.4) is 0 Å². The first-order chi connectivity index (χ1) is 15.7. The highest BCUT2D eigenvalue weighted by atomic mass is 19.4. The summed E-state index contributed by atoms with van der Waals surface area (Å²) >= 11 is 0. The summed E-state index contributed by atoms with van der Waals surface area (Å²) in [5.74, 6) is 2.68. The molecule has 0 saturated carbocycles. The summed E-state index contributed by atoms with van der Waals surface area (Å²) < 4.78 is 45.5. The molecule has 33 heavy (non-hydrogen) atoms. The highest BCUT2D eigenvalue weighted by Gasteiger charge is 2.32. The lowest BCUT2D eigenvalue weighted by molar-refractivity contribution is -0.274. The molecule has 1 unspecified atom stereocenters. The van der Waals surface area contributed by atoms with Crippen LogP contribution < -0.4 is 10.1 Å². The number of anilines is 1. The molecule has 1 aliphatic rings. The van der Waals surface area contributed by atoms with E-state index in [1.807, 2.05) is 11.5 Å². The summed E-state index contributed by atoms with van der Waals surface area (Å²) in [6, 6.07) is 5.51. The number of imidazole rings is 1. The maximum atomic E-state index is 12.6. The zero-order chi connectivity index (χ0) is 23.3. The molecule has 5 rings (SSSR count). The van der Waals surface area contributed by atoms with Crippen LogP contribution in [0.5, 0.6) is 5.75 Å². The Morgan fingerprint density at radius 2 is 1.97 bits per heavy atom. The summed E-state index contributed by atoms with van der Waals surface area (Å²) in [7, 11) is 0. The maximum absolute atomic E-state index is 12.6. The first-order valence-corrected chi connectivity index (χ1v) is 10.2. The molecule has 9 nitrogen and oxygen atoms in total. The van der Waals surface area contributed by atoms with Gasteiger partial charge in [-0.3, -0.25) is 9.13 Å². The lowest BCUT2D eigenvalue weighted by atomic mass is 10.0. The first-order valence-electron chi connectivity index (χ1n) is 10.2. The molecule has 0 radical (unpaired) electrons. The minimum absolute atomic E-state index is 0.0973. The Morgan fingerprint density at radius 1 is 1.15 bits per heavy atom. The molecule has 0 spiro atoms. The first kappa shape index (κ1) is 20.9. The number of rotatable bonds is 4. The Labute approximate surface area is 186 Å². The van der Waals surface area contributed by atoms with Crippen LogP contribution in [-0.2, 0) is 0 Å². The minimum atomic E-state index is -4.78. The van der Waals surface area contributed by atoms with Gasteiger partial charge in [-0.2, -0.15) is 4.98 Å². The van der Waals surface area contributed by atoms with E-state index in [1.165, 1.54) is 24.4 Å². The van der Waals surface area contributed by atoms with Gasteiger partial charge < -0.3 is 10.1 Å². The largest absolute Gasteiger partial charge is 0.573 e. The molecular formula is C21H19F3N8O. The molecule has 0 amide bonds. The van der Waals surface area contributed by atoms with Crippen molar-refractivity contribution in [1.82, 2.24) is 34.3 Å². The highest BCUT2D eigenvalue weighted by molar-refractivity contribution is 5.63. The maximum Gasteiger partial charge on any atom is 0.573 e. The van der Waals surface area contributed by atoms with Crippen molar-refractivity contribution >= 4 is 5.82 Å². The number of aromatic nitrogens is 7. The molecule has 0 fully saturated rings. The molecule has 3 aromatic heterocycles. The van der Waals surface area contributed by atoms with Crippen LogP contribution in [-0.4, -0.2) is 40.6 Å². The summed E-state index contributed by atoms with van der Waals surface area (Å²) in [5.41, 5.74) is 1.14. The van der Waals surface area contributed by atoms with Crippen molar-refractivity contribution in [3.63, 3.8) is 0 Å². The summed E-state index contributed by atoms with van der Waals surface area (Å²) in [6.07, 6.45) is 0.0514. The summed E-state index contributed by atoms with van der Waals surface area (Å²) in [6.45, 7) is 6.01. The second-order valence-electron chi connectivity index (χ2n) is 7.91. The molecule has 1 aliphatic heterocycles. The lowest BCUT2D eigenvalue weighted by Gasteiger charge is -2.29. The predicted octanol–water partition coefficient (Wildman–Crippen LogP) is 4.24. The van der Waals surface area contributed by atoms with Gasteiger partial charge in [0.05, 0.1) is 12.2 Å². The summed E-state index contributed by atoms with van der Waals surface area (Å²) in [4.78, 5) is 13.5. The van der Waals surface area contributed by atoms with Crippen LogP contribution in [0.1, 0.15) is 31.5 Å². The normalized spacial score (nSPS) is 15.2. The second-order valence-corrected chi connectivity index (χ2v) is 7.91. The van der Waals surface area contributed by atoms with Gasteiger partial charge >= 0.3 is 6.36 Å². The smallest absolute Gasteiger partial charge is 0.406 e. The fourth-order valence-electron chi connectivity index (χ4n) is 3.82. The number of hydrogen-bond donors (Lipinski definition) is 1. The number of nitrogens with zero attached hydrogens (tertiary/aromatic N) is 7. The topological polar surface area (TPSA) is 95.6 Å². The van der Waals surface area contributed by atoms with Crippen molar-refractivity contribution in [1.29, 1.82) is 0 Å². The van der Waals surface area contributed by atoms with E-state index in [9.17, 15) is 13.2 Å². The van der Waals surface area contributed by atoms with Crippen LogP contribution in [0.25, 0.3) is 23.0 Å². The van der Waals surface area contributed by atoms with Gasteiger partial charge in [-0.1, -0.05) is 26.0 Å². The van der Waals surface area contributed by atoms with Gasteiger partial charge in [-0.05, 0) is 25.0 Å². The van der Waals surface area contributed by atoms with Crippen molar-refractivity contribution in [2.75, 3.05) is 5.32 Å². The van der Waals surface area contributed by atoms with E-state index in [0.29, 0.717) is 23.2 Å². The number of nitrogens with one attached hydrogen (secondary N) is 1. The van der Waals surface area contributed by atoms with Gasteiger partial charge in [0.2, 0.25) is 5.95 Å². The quantitative estimate of drug-likeness (QED) is 0.491. The van der Waals surface area contributed by atoms with Crippen LogP contribution >= 0.6 is 0 Å². The molecule has 170 valence electrons. The van der Waals surface area contributed by atoms with Crippen molar-refractivity contribution in [2.45, 2.75) is 33.2 Å². The number of benzene rings is 1. The van der Waals surface area contributed by atoms with E-state index >= 15 is 0 Å². The average Bonchev–Trinajstić information content (AvgIpc) is 3.39. The Morgan fingerprint density at radius 3 is 2.73 bits per heavy atom. The number of halogens is 3. The third-order valence-electron chi connectivity index (χ3n) is 5.27. The third kappa shape index (κ3) is 3.77. The minimum Gasteiger partial charge on any atom is -0.406 e. The van der Waals surface area contributed by atoms with E-state index < -0.39 is 6.36 Å². The van der Waals surface area contributed by atoms with Crippen molar-refractivity contribution in [2.24, 2.45) is 5.92 Å². The van der Waals surface area contributed by atoms with Crippen molar-refractivity contribution in [3.05, 3.63) is 54.5 Å².